The Morgan fingerprint density at radius 3 is 2.08 bits per heavy atom. The van der Waals surface area contributed by atoms with Crippen LogP contribution in [0.3, 0.4) is 0 Å². The van der Waals surface area contributed by atoms with Gasteiger partial charge in [-0.15, -0.1) is 0 Å². The molecule has 126 valence electrons. The number of carbonyl (C=O) groups is 1. The van der Waals surface area contributed by atoms with E-state index in [4.69, 9.17) is 47.0 Å². The van der Waals surface area contributed by atoms with E-state index in [2.05, 4.69) is 10.6 Å². The number of halogens is 3. The molecular weight excluding hydrogens is 387 g/mol. The molecule has 0 heterocycles. The second-order valence-electron chi connectivity index (χ2n) is 5.15. The van der Waals surface area contributed by atoms with Crippen LogP contribution in [0.5, 0.6) is 0 Å². The molecule has 0 saturated heterocycles. The summed E-state index contributed by atoms with van der Waals surface area (Å²) >= 11 is 23.3. The zero-order chi connectivity index (χ0) is 17.7. The Kier molecular flexibility index (Phi) is 6.47. The van der Waals surface area contributed by atoms with Crippen LogP contribution in [0.2, 0.25) is 0 Å². The number of hydrogen-bond donors (Lipinski definition) is 2. The molecule has 1 unspecified atom stereocenters. The highest BCUT2D eigenvalue weighted by atomic mass is 35.6. The number of nitrogens with one attached hydrogen (secondary N) is 2. The zero-order valence-corrected chi connectivity index (χ0v) is 15.8. The van der Waals surface area contributed by atoms with Crippen molar-refractivity contribution in [1.29, 1.82) is 0 Å². The number of benzene rings is 2. The van der Waals surface area contributed by atoms with E-state index in [9.17, 15) is 4.79 Å². The number of amides is 1. The molecule has 1 amide bonds. The molecule has 3 nitrogen and oxygen atoms in total. The summed E-state index contributed by atoms with van der Waals surface area (Å²) in [7, 11) is 0. The van der Waals surface area contributed by atoms with Crippen molar-refractivity contribution in [1.82, 2.24) is 10.6 Å². The van der Waals surface area contributed by atoms with Crippen molar-refractivity contribution in [3.05, 3.63) is 71.3 Å². The average molecular weight is 402 g/mol. The summed E-state index contributed by atoms with van der Waals surface area (Å²) in [6.45, 7) is 1.94. The van der Waals surface area contributed by atoms with E-state index in [1.165, 1.54) is 0 Å². The van der Waals surface area contributed by atoms with E-state index in [0.29, 0.717) is 10.6 Å². The molecule has 24 heavy (non-hydrogen) atoms. The lowest BCUT2D eigenvalue weighted by molar-refractivity contribution is 0.0934. The van der Waals surface area contributed by atoms with E-state index in [1.54, 1.807) is 12.1 Å². The maximum atomic E-state index is 12.4. The van der Waals surface area contributed by atoms with Crippen molar-refractivity contribution < 1.29 is 4.79 Å². The largest absolute Gasteiger partial charge is 0.352 e. The first kappa shape index (κ1) is 19.0. The Morgan fingerprint density at radius 1 is 0.958 bits per heavy atom. The van der Waals surface area contributed by atoms with Gasteiger partial charge in [0.25, 0.3) is 5.91 Å². The first-order valence-electron chi connectivity index (χ1n) is 7.07. The number of carbonyl (C=O) groups excluding carboxylic acids is 1. The summed E-state index contributed by atoms with van der Waals surface area (Å²) in [4.78, 5) is 12.7. The maximum Gasteiger partial charge on any atom is 0.252 e. The molecule has 2 aromatic rings. The van der Waals surface area contributed by atoms with Gasteiger partial charge < -0.3 is 10.6 Å². The fourth-order valence-electron chi connectivity index (χ4n) is 1.92. The van der Waals surface area contributed by atoms with E-state index >= 15 is 0 Å². The Bertz CT molecular complexity index is 715. The first-order chi connectivity index (χ1) is 11.3. The lowest BCUT2D eigenvalue weighted by Crippen LogP contribution is -2.55. The second-order valence-corrected chi connectivity index (χ2v) is 7.93. The van der Waals surface area contributed by atoms with Crippen LogP contribution in [0.25, 0.3) is 0 Å². The summed E-state index contributed by atoms with van der Waals surface area (Å²) in [6.07, 6.45) is -0.982. The number of rotatable bonds is 4. The standard InChI is InChI=1S/C17H15Cl3N2OS/c1-11-7-9-12(10-8-11)14(23)21-16(17(18,19)20)22-15(24)13-5-3-2-4-6-13/h2-10,16H,1H3,(H,21,23)(H,22,24). The van der Waals surface area contributed by atoms with Gasteiger partial charge in [-0.05, 0) is 19.1 Å². The van der Waals surface area contributed by atoms with Crippen molar-refractivity contribution >= 4 is 57.9 Å². The van der Waals surface area contributed by atoms with Crippen LogP contribution < -0.4 is 10.6 Å². The molecule has 7 heteroatoms. The number of thiocarbonyl (C=S) groups is 1. The third-order valence-electron chi connectivity index (χ3n) is 3.23. The summed E-state index contributed by atoms with van der Waals surface area (Å²) < 4.78 is -1.78. The molecule has 1 atom stereocenters. The minimum atomic E-state index is -1.78. The smallest absolute Gasteiger partial charge is 0.252 e. The molecule has 0 aliphatic heterocycles. The van der Waals surface area contributed by atoms with Crippen LogP contribution in [0.4, 0.5) is 0 Å². The normalized spacial score (nSPS) is 12.3. The molecule has 0 saturated carbocycles. The molecule has 0 aliphatic rings. The van der Waals surface area contributed by atoms with Crippen LogP contribution in [0.15, 0.2) is 54.6 Å². The highest BCUT2D eigenvalue weighted by molar-refractivity contribution is 7.80. The number of alkyl halides is 3. The van der Waals surface area contributed by atoms with Gasteiger partial charge in [0.2, 0.25) is 3.79 Å². The van der Waals surface area contributed by atoms with Crippen molar-refractivity contribution in [3.63, 3.8) is 0 Å². The molecule has 2 rings (SSSR count). The summed E-state index contributed by atoms with van der Waals surface area (Å²) in [6, 6.07) is 16.3. The topological polar surface area (TPSA) is 41.1 Å². The third-order valence-corrected chi connectivity index (χ3v) is 4.24. The Balaban J connectivity index is 2.13. The quantitative estimate of drug-likeness (QED) is 0.453. The van der Waals surface area contributed by atoms with Crippen LogP contribution >= 0.6 is 47.0 Å². The lowest BCUT2D eigenvalue weighted by atomic mass is 10.1. The van der Waals surface area contributed by atoms with Gasteiger partial charge >= 0.3 is 0 Å². The highest BCUT2D eigenvalue weighted by Gasteiger charge is 2.34. The van der Waals surface area contributed by atoms with Crippen LogP contribution in [-0.4, -0.2) is 20.9 Å². The van der Waals surface area contributed by atoms with E-state index < -0.39 is 9.96 Å². The minimum Gasteiger partial charge on any atom is -0.352 e. The third kappa shape index (κ3) is 5.35. The van der Waals surface area contributed by atoms with Gasteiger partial charge in [0.15, 0.2) is 0 Å². The van der Waals surface area contributed by atoms with E-state index in [-0.39, 0.29) is 5.91 Å². The highest BCUT2D eigenvalue weighted by Crippen LogP contribution is 2.29. The van der Waals surface area contributed by atoms with Crippen LogP contribution in [0.1, 0.15) is 21.5 Å². The van der Waals surface area contributed by atoms with Gasteiger partial charge in [-0.25, -0.2) is 0 Å². The number of hydrogen-bond acceptors (Lipinski definition) is 2. The van der Waals surface area contributed by atoms with Gasteiger partial charge in [-0.1, -0.05) is 95.0 Å². The van der Waals surface area contributed by atoms with Crippen molar-refractivity contribution in [2.45, 2.75) is 16.9 Å². The molecular formula is C17H15Cl3N2OS. The van der Waals surface area contributed by atoms with Gasteiger partial charge in [0, 0.05) is 11.1 Å². The lowest BCUT2D eigenvalue weighted by Gasteiger charge is -2.27. The van der Waals surface area contributed by atoms with Crippen molar-refractivity contribution in [2.24, 2.45) is 0 Å². The molecule has 0 bridgehead atoms. The van der Waals surface area contributed by atoms with Crippen molar-refractivity contribution in [3.8, 4) is 0 Å². The fraction of sp³-hybridized carbons (Fsp3) is 0.176. The van der Waals surface area contributed by atoms with Crippen LogP contribution in [0, 0.1) is 6.92 Å². The summed E-state index contributed by atoms with van der Waals surface area (Å²) in [5, 5.41) is 5.55. The summed E-state index contributed by atoms with van der Waals surface area (Å²) in [5.41, 5.74) is 2.27. The van der Waals surface area contributed by atoms with Crippen molar-refractivity contribution in [2.75, 3.05) is 0 Å². The number of aryl methyl sites for hydroxylation is 1. The second kappa shape index (κ2) is 8.17. The van der Waals surface area contributed by atoms with Gasteiger partial charge in [0.05, 0.1) is 0 Å². The maximum absolute atomic E-state index is 12.4. The van der Waals surface area contributed by atoms with Crippen LogP contribution in [-0.2, 0) is 0 Å². The monoisotopic (exact) mass is 400 g/mol. The van der Waals surface area contributed by atoms with Gasteiger partial charge in [0.1, 0.15) is 11.2 Å². The molecule has 0 aromatic heterocycles. The zero-order valence-electron chi connectivity index (χ0n) is 12.7. The average Bonchev–Trinajstić information content (AvgIpc) is 2.54. The molecule has 0 aliphatic carbocycles. The fourth-order valence-corrected chi connectivity index (χ4v) is 2.50. The minimum absolute atomic E-state index is 0.366. The predicted molar refractivity (Wildman–Crippen MR) is 104 cm³/mol. The Hall–Kier alpha value is -1.33. The molecule has 0 spiro atoms. The molecule has 0 fully saturated rings. The van der Waals surface area contributed by atoms with Gasteiger partial charge in [-0.2, -0.15) is 0 Å². The van der Waals surface area contributed by atoms with E-state index in [1.807, 2.05) is 49.4 Å². The predicted octanol–water partition coefficient (Wildman–Crippen LogP) is 4.39. The first-order valence-corrected chi connectivity index (χ1v) is 8.62. The molecule has 0 radical (unpaired) electrons. The molecule has 2 N–H and O–H groups in total. The summed E-state index contributed by atoms with van der Waals surface area (Å²) in [5.74, 6) is -0.366. The van der Waals surface area contributed by atoms with Gasteiger partial charge in [-0.3, -0.25) is 4.79 Å². The Labute approximate surface area is 161 Å². The SMILES string of the molecule is Cc1ccc(C(=O)NC(NC(=S)c2ccccc2)C(Cl)(Cl)Cl)cc1. The Morgan fingerprint density at radius 2 is 1.54 bits per heavy atom. The molecule has 2 aromatic carbocycles. The van der Waals surface area contributed by atoms with E-state index in [0.717, 1.165) is 11.1 Å².